The van der Waals surface area contributed by atoms with Crippen molar-refractivity contribution >= 4 is 11.7 Å². The fourth-order valence-corrected chi connectivity index (χ4v) is 2.29. The van der Waals surface area contributed by atoms with Crippen LogP contribution in [0.4, 0.5) is 5.82 Å². The van der Waals surface area contributed by atoms with Crippen molar-refractivity contribution in [2.45, 2.75) is 18.6 Å². The minimum Gasteiger partial charge on any atom is -0.394 e. The lowest BCUT2D eigenvalue weighted by Gasteiger charge is -2.32. The molecule has 7 heteroatoms. The zero-order valence-electron chi connectivity index (χ0n) is 12.0. The number of aliphatic hydroxyl groups excluding tert-OH is 1. The van der Waals surface area contributed by atoms with Crippen LogP contribution in [-0.4, -0.2) is 61.6 Å². The first-order valence-electron chi connectivity index (χ1n) is 7.00. The third kappa shape index (κ3) is 4.13. The average Bonchev–Trinajstić information content (AvgIpc) is 2.54. The number of aromatic nitrogens is 1. The van der Waals surface area contributed by atoms with Crippen molar-refractivity contribution in [2.24, 2.45) is 0 Å². The molecule has 116 valence electrons. The largest absolute Gasteiger partial charge is 0.394 e. The molecule has 0 saturated carbocycles. The van der Waals surface area contributed by atoms with Crippen molar-refractivity contribution in [1.29, 1.82) is 0 Å². The van der Waals surface area contributed by atoms with Crippen LogP contribution < -0.4 is 10.6 Å². The summed E-state index contributed by atoms with van der Waals surface area (Å²) in [7, 11) is 1.72. The third-order valence-electron chi connectivity index (χ3n) is 3.32. The Morgan fingerprint density at radius 2 is 2.48 bits per heavy atom. The molecular weight excluding hydrogens is 274 g/mol. The first kappa shape index (κ1) is 15.7. The summed E-state index contributed by atoms with van der Waals surface area (Å²) in [6.45, 7) is 1.21. The number of nitrogens with zero attached hydrogens (tertiary/aromatic N) is 1. The fourth-order valence-electron chi connectivity index (χ4n) is 2.29. The number of carbonyl (C=O) groups is 1. The van der Waals surface area contributed by atoms with Gasteiger partial charge in [-0.3, -0.25) is 4.79 Å². The molecule has 0 spiro atoms. The van der Waals surface area contributed by atoms with Gasteiger partial charge < -0.3 is 25.2 Å². The van der Waals surface area contributed by atoms with Gasteiger partial charge in [-0.1, -0.05) is 0 Å². The molecule has 2 rings (SSSR count). The molecule has 3 N–H and O–H groups in total. The number of rotatable bonds is 6. The Hall–Kier alpha value is -1.70. The maximum Gasteiger partial charge on any atom is 0.255 e. The summed E-state index contributed by atoms with van der Waals surface area (Å²) in [5, 5.41) is 14.7. The molecule has 0 bridgehead atoms. The van der Waals surface area contributed by atoms with Crippen LogP contribution in [0.1, 0.15) is 16.8 Å². The summed E-state index contributed by atoms with van der Waals surface area (Å²) in [5.74, 6) is 0.306. The topological polar surface area (TPSA) is 92.7 Å². The molecule has 0 aliphatic carbocycles. The van der Waals surface area contributed by atoms with Gasteiger partial charge in [-0.05, 0) is 18.6 Å². The third-order valence-corrected chi connectivity index (χ3v) is 3.32. The predicted octanol–water partition coefficient (Wildman–Crippen LogP) is 0.0195. The van der Waals surface area contributed by atoms with E-state index >= 15 is 0 Å². The van der Waals surface area contributed by atoms with Crippen molar-refractivity contribution in [3.8, 4) is 0 Å². The standard InChI is InChI=1S/C14H21N3O4/c1-15-13-10(3-2-5-16-13)14(19)17-11-9-20-7-4-12(11)21-8-6-18/h2-3,5,11-12,18H,4,6-9H2,1H3,(H,15,16)(H,17,19)/t11-,12+/m1/s1. The van der Waals surface area contributed by atoms with Gasteiger partial charge in [0.25, 0.3) is 5.91 Å². The highest BCUT2D eigenvalue weighted by Gasteiger charge is 2.28. The van der Waals surface area contributed by atoms with Gasteiger partial charge in [0.2, 0.25) is 0 Å². The lowest BCUT2D eigenvalue weighted by Crippen LogP contribution is -2.50. The monoisotopic (exact) mass is 295 g/mol. The summed E-state index contributed by atoms with van der Waals surface area (Å²) in [6.07, 6.45) is 2.17. The van der Waals surface area contributed by atoms with E-state index in [1.165, 1.54) is 0 Å². The highest BCUT2D eigenvalue weighted by atomic mass is 16.5. The summed E-state index contributed by atoms with van der Waals surface area (Å²) >= 11 is 0. The van der Waals surface area contributed by atoms with Crippen LogP contribution in [0.2, 0.25) is 0 Å². The highest BCUT2D eigenvalue weighted by Crippen LogP contribution is 2.15. The molecule has 7 nitrogen and oxygen atoms in total. The van der Waals surface area contributed by atoms with E-state index in [1.54, 1.807) is 25.4 Å². The minimum atomic E-state index is -0.234. The maximum atomic E-state index is 12.4. The molecule has 2 heterocycles. The van der Waals surface area contributed by atoms with Gasteiger partial charge >= 0.3 is 0 Å². The van der Waals surface area contributed by atoms with Crippen LogP contribution >= 0.6 is 0 Å². The number of aliphatic hydroxyl groups is 1. The van der Waals surface area contributed by atoms with E-state index in [4.69, 9.17) is 14.6 Å². The van der Waals surface area contributed by atoms with Crippen LogP contribution in [-0.2, 0) is 9.47 Å². The normalized spacial score (nSPS) is 21.8. The van der Waals surface area contributed by atoms with Gasteiger partial charge in [-0.15, -0.1) is 0 Å². The Morgan fingerprint density at radius 3 is 3.24 bits per heavy atom. The van der Waals surface area contributed by atoms with Crippen molar-refractivity contribution in [1.82, 2.24) is 10.3 Å². The first-order valence-corrected chi connectivity index (χ1v) is 7.00. The molecule has 0 unspecified atom stereocenters. The van der Waals surface area contributed by atoms with E-state index in [1.807, 2.05) is 0 Å². The van der Waals surface area contributed by atoms with Crippen molar-refractivity contribution in [3.05, 3.63) is 23.9 Å². The van der Waals surface area contributed by atoms with Crippen LogP contribution in [0.25, 0.3) is 0 Å². The zero-order valence-corrected chi connectivity index (χ0v) is 12.0. The Morgan fingerprint density at radius 1 is 1.62 bits per heavy atom. The molecule has 1 aromatic heterocycles. The fraction of sp³-hybridized carbons (Fsp3) is 0.571. The molecule has 0 radical (unpaired) electrons. The van der Waals surface area contributed by atoms with Crippen LogP contribution in [0, 0.1) is 0 Å². The molecular formula is C14H21N3O4. The van der Waals surface area contributed by atoms with Crippen molar-refractivity contribution in [2.75, 3.05) is 38.8 Å². The number of anilines is 1. The second-order valence-electron chi connectivity index (χ2n) is 4.73. The van der Waals surface area contributed by atoms with Gasteiger partial charge in [0.1, 0.15) is 5.82 Å². The second kappa shape index (κ2) is 7.92. The van der Waals surface area contributed by atoms with Gasteiger partial charge in [0.15, 0.2) is 0 Å². The molecule has 1 aliphatic rings. The lowest BCUT2D eigenvalue weighted by atomic mass is 10.1. The minimum absolute atomic E-state index is 0.0372. The van der Waals surface area contributed by atoms with Crippen LogP contribution in [0.3, 0.4) is 0 Å². The van der Waals surface area contributed by atoms with Crippen LogP contribution in [0.5, 0.6) is 0 Å². The Bertz CT molecular complexity index is 469. The Kier molecular flexibility index (Phi) is 5.91. The predicted molar refractivity (Wildman–Crippen MR) is 77.3 cm³/mol. The molecule has 1 amide bonds. The Labute approximate surface area is 123 Å². The molecule has 1 aliphatic heterocycles. The van der Waals surface area contributed by atoms with E-state index in [9.17, 15) is 4.79 Å². The summed E-state index contributed by atoms with van der Waals surface area (Å²) in [4.78, 5) is 16.5. The van der Waals surface area contributed by atoms with Crippen molar-refractivity contribution in [3.63, 3.8) is 0 Å². The number of hydrogen-bond donors (Lipinski definition) is 3. The van der Waals surface area contributed by atoms with E-state index in [0.717, 1.165) is 0 Å². The quantitative estimate of drug-likeness (QED) is 0.685. The number of ether oxygens (including phenoxy) is 2. The summed E-state index contributed by atoms with van der Waals surface area (Å²) in [6, 6.07) is 3.19. The number of hydrogen-bond acceptors (Lipinski definition) is 6. The number of nitrogens with one attached hydrogen (secondary N) is 2. The molecule has 1 aromatic rings. The SMILES string of the molecule is CNc1ncccc1C(=O)N[C@@H]1COCC[C@@H]1OCCO. The lowest BCUT2D eigenvalue weighted by molar-refractivity contribution is -0.0612. The Balaban J connectivity index is 2.02. The number of carbonyl (C=O) groups excluding carboxylic acids is 1. The molecule has 21 heavy (non-hydrogen) atoms. The van der Waals surface area contributed by atoms with E-state index in [2.05, 4.69) is 15.6 Å². The molecule has 2 atom stereocenters. The van der Waals surface area contributed by atoms with Gasteiger partial charge in [0.05, 0.1) is 37.5 Å². The average molecular weight is 295 g/mol. The van der Waals surface area contributed by atoms with E-state index in [0.29, 0.717) is 31.0 Å². The second-order valence-corrected chi connectivity index (χ2v) is 4.73. The molecule has 0 aromatic carbocycles. The number of pyridine rings is 1. The van der Waals surface area contributed by atoms with E-state index < -0.39 is 0 Å². The van der Waals surface area contributed by atoms with Gasteiger partial charge in [-0.25, -0.2) is 4.98 Å². The molecule has 1 fully saturated rings. The van der Waals surface area contributed by atoms with Crippen LogP contribution in [0.15, 0.2) is 18.3 Å². The van der Waals surface area contributed by atoms with Gasteiger partial charge in [0, 0.05) is 19.9 Å². The first-order chi connectivity index (χ1) is 10.3. The highest BCUT2D eigenvalue weighted by molar-refractivity contribution is 5.98. The zero-order chi connectivity index (χ0) is 15.1. The smallest absolute Gasteiger partial charge is 0.255 e. The van der Waals surface area contributed by atoms with Gasteiger partial charge in [-0.2, -0.15) is 0 Å². The maximum absolute atomic E-state index is 12.4. The van der Waals surface area contributed by atoms with E-state index in [-0.39, 0.29) is 31.3 Å². The molecule has 1 saturated heterocycles. The number of amides is 1. The van der Waals surface area contributed by atoms with Crippen molar-refractivity contribution < 1.29 is 19.4 Å². The summed E-state index contributed by atoms with van der Waals surface area (Å²) in [5.41, 5.74) is 0.478. The summed E-state index contributed by atoms with van der Waals surface area (Å²) < 4.78 is 11.0.